The Kier molecular flexibility index (Phi) is 6.80. The Morgan fingerprint density at radius 3 is 2.55 bits per heavy atom. The average molecular weight is 300 g/mol. The molecule has 0 saturated carbocycles. The maximum Gasteiger partial charge on any atom is 0.141 e. The van der Waals surface area contributed by atoms with Crippen LogP contribution in [-0.2, 0) is 11.2 Å². The number of benzene rings is 1. The van der Waals surface area contributed by atoms with E-state index in [2.05, 4.69) is 6.92 Å². The van der Waals surface area contributed by atoms with E-state index >= 15 is 0 Å². The van der Waals surface area contributed by atoms with Crippen LogP contribution in [0.15, 0.2) is 18.2 Å². The first-order valence-corrected chi connectivity index (χ1v) is 7.51. The highest BCUT2D eigenvalue weighted by Crippen LogP contribution is 2.29. The van der Waals surface area contributed by atoms with Gasteiger partial charge in [0, 0.05) is 6.04 Å². The van der Waals surface area contributed by atoms with E-state index in [1.165, 1.54) is 0 Å². The summed E-state index contributed by atoms with van der Waals surface area (Å²) in [5.74, 6) is 0.732. The molecular weight excluding hydrogens is 274 g/mol. The predicted octanol–water partition coefficient (Wildman–Crippen LogP) is 3.81. The summed E-state index contributed by atoms with van der Waals surface area (Å²) in [5.41, 5.74) is 6.91. The number of halogens is 1. The fraction of sp³-hybridized carbons (Fsp3) is 0.625. The molecule has 0 radical (unpaired) electrons. The second kappa shape index (κ2) is 7.87. The summed E-state index contributed by atoms with van der Waals surface area (Å²) >= 11 is 6.22. The molecule has 0 saturated heterocycles. The molecule has 0 aliphatic carbocycles. The van der Waals surface area contributed by atoms with Crippen molar-refractivity contribution in [2.45, 2.75) is 52.2 Å². The van der Waals surface area contributed by atoms with Crippen molar-refractivity contribution in [3.05, 3.63) is 28.8 Å². The molecule has 0 aliphatic heterocycles. The minimum absolute atomic E-state index is 0.127. The summed E-state index contributed by atoms with van der Waals surface area (Å²) in [7, 11) is 0. The largest absolute Gasteiger partial charge is 0.489 e. The van der Waals surface area contributed by atoms with Gasteiger partial charge >= 0.3 is 0 Å². The number of hydrogen-bond donors (Lipinski definition) is 1. The maximum atomic E-state index is 6.22. The molecule has 1 aromatic carbocycles. The van der Waals surface area contributed by atoms with Gasteiger partial charge in [0.05, 0.1) is 17.2 Å². The lowest BCUT2D eigenvalue weighted by atomic mass is 10.0. The topological polar surface area (TPSA) is 44.5 Å². The lowest BCUT2D eigenvalue weighted by Gasteiger charge is -2.20. The summed E-state index contributed by atoms with van der Waals surface area (Å²) in [5, 5.41) is 0.626. The molecule has 20 heavy (non-hydrogen) atoms. The van der Waals surface area contributed by atoms with E-state index in [0.717, 1.165) is 24.2 Å². The molecule has 4 heteroatoms. The maximum absolute atomic E-state index is 6.22. The highest BCUT2D eigenvalue weighted by Gasteiger charge is 2.13. The Morgan fingerprint density at radius 1 is 1.25 bits per heavy atom. The molecule has 0 bridgehead atoms. The van der Waals surface area contributed by atoms with Crippen LogP contribution in [-0.4, -0.2) is 24.9 Å². The van der Waals surface area contributed by atoms with Gasteiger partial charge < -0.3 is 15.2 Å². The molecule has 0 spiro atoms. The highest BCUT2D eigenvalue weighted by atomic mass is 35.5. The van der Waals surface area contributed by atoms with E-state index in [-0.39, 0.29) is 11.6 Å². The second-order valence-electron chi connectivity index (χ2n) is 5.91. The van der Waals surface area contributed by atoms with E-state index in [1.54, 1.807) is 0 Å². The van der Waals surface area contributed by atoms with Crippen LogP contribution in [0.25, 0.3) is 0 Å². The molecular formula is C16H26ClNO2. The SMILES string of the molecule is CCC(N)Cc1cccc(Cl)c1OCCOC(C)(C)C. The Morgan fingerprint density at radius 2 is 1.95 bits per heavy atom. The molecule has 0 fully saturated rings. The van der Waals surface area contributed by atoms with Crippen LogP contribution in [0.1, 0.15) is 39.7 Å². The third-order valence-corrected chi connectivity index (χ3v) is 3.22. The van der Waals surface area contributed by atoms with Gasteiger partial charge in [0.25, 0.3) is 0 Å². The lowest BCUT2D eigenvalue weighted by Crippen LogP contribution is -2.23. The highest BCUT2D eigenvalue weighted by molar-refractivity contribution is 6.32. The molecule has 1 aromatic rings. The van der Waals surface area contributed by atoms with E-state index in [0.29, 0.717) is 18.2 Å². The van der Waals surface area contributed by atoms with Gasteiger partial charge in [-0.1, -0.05) is 30.7 Å². The van der Waals surface area contributed by atoms with E-state index in [9.17, 15) is 0 Å². The Bertz CT molecular complexity index is 415. The smallest absolute Gasteiger partial charge is 0.141 e. The van der Waals surface area contributed by atoms with Crippen molar-refractivity contribution in [1.82, 2.24) is 0 Å². The molecule has 1 unspecified atom stereocenters. The molecule has 0 heterocycles. The summed E-state index contributed by atoms with van der Waals surface area (Å²) < 4.78 is 11.4. The first-order chi connectivity index (χ1) is 9.33. The van der Waals surface area contributed by atoms with Gasteiger partial charge in [-0.2, -0.15) is 0 Å². The summed E-state index contributed by atoms with van der Waals surface area (Å²) in [6.07, 6.45) is 1.70. The zero-order valence-corrected chi connectivity index (χ0v) is 13.7. The number of para-hydroxylation sites is 1. The molecule has 0 aromatic heterocycles. The zero-order chi connectivity index (χ0) is 15.2. The van der Waals surface area contributed by atoms with Crippen molar-refractivity contribution in [2.75, 3.05) is 13.2 Å². The first kappa shape index (κ1) is 17.3. The van der Waals surface area contributed by atoms with Crippen LogP contribution in [0, 0.1) is 0 Å². The van der Waals surface area contributed by atoms with Gasteiger partial charge in [0.15, 0.2) is 0 Å². The van der Waals surface area contributed by atoms with Crippen molar-refractivity contribution in [1.29, 1.82) is 0 Å². The Labute approximate surface area is 127 Å². The minimum atomic E-state index is -0.156. The van der Waals surface area contributed by atoms with Crippen LogP contribution >= 0.6 is 11.6 Å². The van der Waals surface area contributed by atoms with Gasteiger partial charge in [-0.25, -0.2) is 0 Å². The van der Waals surface area contributed by atoms with Crippen LogP contribution in [0.4, 0.5) is 0 Å². The van der Waals surface area contributed by atoms with E-state index in [1.807, 2.05) is 39.0 Å². The zero-order valence-electron chi connectivity index (χ0n) is 12.9. The lowest BCUT2D eigenvalue weighted by molar-refractivity contribution is -0.0163. The molecule has 3 nitrogen and oxygen atoms in total. The number of rotatable bonds is 7. The van der Waals surface area contributed by atoms with Gasteiger partial charge in [-0.15, -0.1) is 0 Å². The van der Waals surface area contributed by atoms with Crippen molar-refractivity contribution in [3.63, 3.8) is 0 Å². The quantitative estimate of drug-likeness (QED) is 0.779. The number of nitrogens with two attached hydrogens (primary N) is 1. The van der Waals surface area contributed by atoms with Crippen LogP contribution in [0.3, 0.4) is 0 Å². The van der Waals surface area contributed by atoms with Gasteiger partial charge in [0.2, 0.25) is 0 Å². The fourth-order valence-electron chi connectivity index (χ4n) is 1.79. The summed E-state index contributed by atoms with van der Waals surface area (Å²) in [4.78, 5) is 0. The minimum Gasteiger partial charge on any atom is -0.489 e. The van der Waals surface area contributed by atoms with Crippen LogP contribution in [0.2, 0.25) is 5.02 Å². The molecule has 2 N–H and O–H groups in total. The van der Waals surface area contributed by atoms with Gasteiger partial charge in [-0.3, -0.25) is 0 Å². The van der Waals surface area contributed by atoms with Crippen molar-refractivity contribution < 1.29 is 9.47 Å². The Hall–Kier alpha value is -0.770. The van der Waals surface area contributed by atoms with Crippen LogP contribution < -0.4 is 10.5 Å². The normalized spacial score (nSPS) is 13.3. The van der Waals surface area contributed by atoms with E-state index in [4.69, 9.17) is 26.8 Å². The average Bonchev–Trinajstić information content (AvgIpc) is 2.35. The third-order valence-electron chi connectivity index (χ3n) is 2.92. The standard InChI is InChI=1S/C16H26ClNO2/c1-5-13(18)11-12-7-6-8-14(17)15(12)19-9-10-20-16(2,3)4/h6-8,13H,5,9-11,18H2,1-4H3. The van der Waals surface area contributed by atoms with Crippen molar-refractivity contribution >= 4 is 11.6 Å². The molecule has 0 amide bonds. The van der Waals surface area contributed by atoms with Crippen molar-refractivity contribution in [2.24, 2.45) is 5.73 Å². The summed E-state index contributed by atoms with van der Waals surface area (Å²) in [6, 6.07) is 5.91. The monoisotopic (exact) mass is 299 g/mol. The van der Waals surface area contributed by atoms with Gasteiger partial charge in [0.1, 0.15) is 12.4 Å². The fourth-order valence-corrected chi connectivity index (χ4v) is 2.04. The first-order valence-electron chi connectivity index (χ1n) is 7.13. The molecule has 1 rings (SSSR count). The number of hydrogen-bond acceptors (Lipinski definition) is 3. The van der Waals surface area contributed by atoms with Crippen LogP contribution in [0.5, 0.6) is 5.75 Å². The molecule has 114 valence electrons. The molecule has 1 atom stereocenters. The predicted molar refractivity (Wildman–Crippen MR) is 84.6 cm³/mol. The Balaban J connectivity index is 2.63. The second-order valence-corrected chi connectivity index (χ2v) is 6.32. The summed E-state index contributed by atoms with van der Waals surface area (Å²) in [6.45, 7) is 9.16. The number of ether oxygens (including phenoxy) is 2. The van der Waals surface area contributed by atoms with Gasteiger partial charge in [-0.05, 0) is 45.2 Å². The molecule has 0 aliphatic rings. The van der Waals surface area contributed by atoms with Crippen molar-refractivity contribution in [3.8, 4) is 5.75 Å². The van der Waals surface area contributed by atoms with E-state index < -0.39 is 0 Å². The third kappa shape index (κ3) is 6.12.